The van der Waals surface area contributed by atoms with Crippen molar-refractivity contribution >= 4 is 27.3 Å². The lowest BCUT2D eigenvalue weighted by Crippen LogP contribution is -2.50. The largest absolute Gasteiger partial charge is 0.377 e. The van der Waals surface area contributed by atoms with E-state index in [-0.39, 0.29) is 17.4 Å². The third-order valence-electron chi connectivity index (χ3n) is 5.36. The third kappa shape index (κ3) is 3.11. The van der Waals surface area contributed by atoms with Crippen LogP contribution in [0.4, 0.5) is 5.82 Å². The number of hydrogen-bond acceptors (Lipinski definition) is 6. The average Bonchev–Trinajstić information content (AvgIpc) is 3.44. The lowest BCUT2D eigenvalue weighted by Gasteiger charge is -2.39. The van der Waals surface area contributed by atoms with Gasteiger partial charge in [-0.15, -0.1) is 0 Å². The predicted octanol–water partition coefficient (Wildman–Crippen LogP) is 3.21. The van der Waals surface area contributed by atoms with Gasteiger partial charge in [0.15, 0.2) is 9.84 Å². The zero-order chi connectivity index (χ0) is 19.2. The van der Waals surface area contributed by atoms with E-state index in [4.69, 9.17) is 16.3 Å². The summed E-state index contributed by atoms with van der Waals surface area (Å²) >= 11 is 6.22. The highest BCUT2D eigenvalue weighted by Gasteiger charge is 2.58. The molecule has 144 valence electrons. The summed E-state index contributed by atoms with van der Waals surface area (Å²) in [6, 6.07) is 10.6. The van der Waals surface area contributed by atoms with E-state index in [1.807, 2.05) is 0 Å². The topological polar surface area (TPSA) is 72.4 Å². The first-order valence-corrected chi connectivity index (χ1v) is 10.9. The second kappa shape index (κ2) is 6.72. The number of rotatable bonds is 4. The Morgan fingerprint density at radius 2 is 1.74 bits per heavy atom. The molecule has 4 rings (SSSR count). The summed E-state index contributed by atoms with van der Waals surface area (Å²) in [5.41, 5.74) is 0.479. The van der Waals surface area contributed by atoms with Crippen molar-refractivity contribution in [2.45, 2.75) is 48.4 Å². The van der Waals surface area contributed by atoms with Gasteiger partial charge in [0, 0.05) is 6.07 Å². The molecule has 2 heterocycles. The Kier molecular flexibility index (Phi) is 4.64. The minimum Gasteiger partial charge on any atom is -0.377 e. The van der Waals surface area contributed by atoms with Crippen LogP contribution in [0.25, 0.3) is 0 Å². The van der Waals surface area contributed by atoms with Gasteiger partial charge < -0.3 is 9.64 Å². The molecule has 2 fully saturated rings. The van der Waals surface area contributed by atoms with Crippen molar-refractivity contribution in [2.24, 2.45) is 0 Å². The third-order valence-corrected chi connectivity index (χ3v) is 8.06. The molecule has 1 aliphatic heterocycles. The standard InChI is InChI=1S/C19H22ClN3O3S/c1-13-11-26-12-14(2)23(13)17-10-16(21-18(20)22-17)19(8-9-19)27(24,25)15-6-4-3-5-7-15/h3-7,10,13-14H,8-9,11-12H2,1-2H3/t13-,14-/m0/s1. The van der Waals surface area contributed by atoms with Crippen LogP contribution in [0.1, 0.15) is 32.4 Å². The Labute approximate surface area is 164 Å². The fourth-order valence-corrected chi connectivity index (χ4v) is 5.99. The molecule has 27 heavy (non-hydrogen) atoms. The van der Waals surface area contributed by atoms with Crippen LogP contribution in [0.3, 0.4) is 0 Å². The Bertz CT molecular complexity index is 938. The Morgan fingerprint density at radius 3 is 2.33 bits per heavy atom. The first-order chi connectivity index (χ1) is 12.8. The van der Waals surface area contributed by atoms with Gasteiger partial charge in [0.25, 0.3) is 0 Å². The Morgan fingerprint density at radius 1 is 1.11 bits per heavy atom. The van der Waals surface area contributed by atoms with Gasteiger partial charge in [0.2, 0.25) is 5.28 Å². The maximum Gasteiger partial charge on any atom is 0.224 e. The van der Waals surface area contributed by atoms with Crippen molar-refractivity contribution in [1.82, 2.24) is 9.97 Å². The van der Waals surface area contributed by atoms with Crippen LogP contribution in [0.5, 0.6) is 0 Å². The number of halogens is 1. The maximum atomic E-state index is 13.3. The van der Waals surface area contributed by atoms with E-state index in [0.717, 1.165) is 0 Å². The zero-order valence-corrected chi connectivity index (χ0v) is 16.9. The highest BCUT2D eigenvalue weighted by molar-refractivity contribution is 7.92. The number of ether oxygens (including phenoxy) is 1. The molecule has 1 saturated heterocycles. The summed E-state index contributed by atoms with van der Waals surface area (Å²) < 4.78 is 31.2. The van der Waals surface area contributed by atoms with E-state index >= 15 is 0 Å². The van der Waals surface area contributed by atoms with Gasteiger partial charge in [-0.05, 0) is 50.4 Å². The molecule has 0 bridgehead atoms. The van der Waals surface area contributed by atoms with E-state index in [9.17, 15) is 8.42 Å². The summed E-state index contributed by atoms with van der Waals surface area (Å²) in [5, 5.41) is 0.0722. The number of aromatic nitrogens is 2. The molecule has 1 saturated carbocycles. The Hall–Kier alpha value is -1.70. The SMILES string of the molecule is C[C@H]1COC[C@H](C)N1c1cc(C2(S(=O)(=O)c3ccccc3)CC2)nc(Cl)n1. The number of anilines is 1. The first-order valence-electron chi connectivity index (χ1n) is 9.06. The minimum atomic E-state index is -3.56. The van der Waals surface area contributed by atoms with Crippen molar-refractivity contribution in [3.8, 4) is 0 Å². The predicted molar refractivity (Wildman–Crippen MR) is 104 cm³/mol. The van der Waals surface area contributed by atoms with Crippen molar-refractivity contribution in [3.05, 3.63) is 47.4 Å². The maximum absolute atomic E-state index is 13.3. The highest BCUT2D eigenvalue weighted by atomic mass is 35.5. The summed E-state index contributed by atoms with van der Waals surface area (Å²) in [4.78, 5) is 11.1. The van der Waals surface area contributed by atoms with Crippen LogP contribution in [0, 0.1) is 0 Å². The smallest absolute Gasteiger partial charge is 0.224 e. The van der Waals surface area contributed by atoms with E-state index in [0.29, 0.717) is 42.5 Å². The fraction of sp³-hybridized carbons (Fsp3) is 0.474. The zero-order valence-electron chi connectivity index (χ0n) is 15.3. The lowest BCUT2D eigenvalue weighted by molar-refractivity contribution is 0.0752. The van der Waals surface area contributed by atoms with E-state index in [2.05, 4.69) is 28.7 Å². The Balaban J connectivity index is 1.78. The van der Waals surface area contributed by atoms with Crippen LogP contribution >= 0.6 is 11.6 Å². The molecule has 1 aliphatic carbocycles. The molecule has 2 atom stereocenters. The number of benzene rings is 1. The van der Waals surface area contributed by atoms with Crippen molar-refractivity contribution in [3.63, 3.8) is 0 Å². The first kappa shape index (κ1) is 18.7. The van der Waals surface area contributed by atoms with Gasteiger partial charge in [-0.3, -0.25) is 0 Å². The second-order valence-corrected chi connectivity index (χ2v) is 9.93. The molecule has 2 aliphatic rings. The van der Waals surface area contributed by atoms with Gasteiger partial charge in [0.1, 0.15) is 10.6 Å². The number of nitrogens with zero attached hydrogens (tertiary/aromatic N) is 3. The molecule has 8 heteroatoms. The van der Waals surface area contributed by atoms with Crippen LogP contribution in [-0.4, -0.2) is 43.7 Å². The van der Waals surface area contributed by atoms with Gasteiger partial charge >= 0.3 is 0 Å². The molecule has 0 radical (unpaired) electrons. The van der Waals surface area contributed by atoms with Crippen LogP contribution < -0.4 is 4.90 Å². The van der Waals surface area contributed by atoms with E-state index in [1.165, 1.54) is 0 Å². The molecule has 0 N–H and O–H groups in total. The fourth-order valence-electron chi connectivity index (χ4n) is 3.83. The molecule has 6 nitrogen and oxygen atoms in total. The number of morpholine rings is 1. The molecular weight excluding hydrogens is 386 g/mol. The van der Waals surface area contributed by atoms with Crippen molar-refractivity contribution < 1.29 is 13.2 Å². The molecule has 0 spiro atoms. The second-order valence-electron chi connectivity index (χ2n) is 7.33. The van der Waals surface area contributed by atoms with Crippen molar-refractivity contribution in [1.29, 1.82) is 0 Å². The van der Waals surface area contributed by atoms with Gasteiger partial charge in [-0.1, -0.05) is 18.2 Å². The summed E-state index contributed by atoms with van der Waals surface area (Å²) in [7, 11) is -3.56. The number of sulfone groups is 1. The van der Waals surface area contributed by atoms with Gasteiger partial charge in [-0.25, -0.2) is 18.4 Å². The van der Waals surface area contributed by atoms with Crippen LogP contribution in [0.2, 0.25) is 5.28 Å². The molecular formula is C19H22ClN3O3S. The molecule has 0 unspecified atom stereocenters. The summed E-state index contributed by atoms with van der Waals surface area (Å²) in [6.07, 6.45) is 1.07. The summed E-state index contributed by atoms with van der Waals surface area (Å²) in [6.45, 7) is 5.29. The van der Waals surface area contributed by atoms with Gasteiger partial charge in [-0.2, -0.15) is 0 Å². The van der Waals surface area contributed by atoms with Crippen LogP contribution in [-0.2, 0) is 19.3 Å². The minimum absolute atomic E-state index is 0.0722. The average molecular weight is 408 g/mol. The van der Waals surface area contributed by atoms with Crippen LogP contribution in [0.15, 0.2) is 41.3 Å². The van der Waals surface area contributed by atoms with E-state index in [1.54, 1.807) is 36.4 Å². The molecule has 1 aromatic heterocycles. The molecule has 1 aromatic carbocycles. The normalized spacial score (nSPS) is 24.6. The number of hydrogen-bond donors (Lipinski definition) is 0. The quantitative estimate of drug-likeness (QED) is 0.724. The van der Waals surface area contributed by atoms with Crippen molar-refractivity contribution in [2.75, 3.05) is 18.1 Å². The highest BCUT2D eigenvalue weighted by Crippen LogP contribution is 2.55. The molecule has 2 aromatic rings. The molecule has 0 amide bonds. The van der Waals surface area contributed by atoms with E-state index < -0.39 is 14.6 Å². The summed E-state index contributed by atoms with van der Waals surface area (Å²) in [5.74, 6) is 0.655. The monoisotopic (exact) mass is 407 g/mol. The van der Waals surface area contributed by atoms with Gasteiger partial charge in [0.05, 0.1) is 35.9 Å². The lowest BCUT2D eigenvalue weighted by atomic mass is 10.1.